The number of rotatable bonds is 5. The number of aliphatic hydroxyl groups is 1. The maximum absolute atomic E-state index is 13.2. The number of amides is 1. The molecular weight excluding hydrogens is 459 g/mol. The molecule has 1 amide bonds. The summed E-state index contributed by atoms with van der Waals surface area (Å²) in [7, 11) is 0. The van der Waals surface area contributed by atoms with Crippen molar-refractivity contribution in [3.63, 3.8) is 0 Å². The van der Waals surface area contributed by atoms with Gasteiger partial charge in [-0.05, 0) is 42.8 Å². The van der Waals surface area contributed by atoms with Crippen LogP contribution in [-0.2, 0) is 12.7 Å². The zero-order valence-electron chi connectivity index (χ0n) is 18.8. The summed E-state index contributed by atoms with van der Waals surface area (Å²) in [6.07, 6.45) is -3.45. The first-order chi connectivity index (χ1) is 16.7. The van der Waals surface area contributed by atoms with Gasteiger partial charge in [0.05, 0.1) is 29.0 Å². The number of carbonyl (C=O) groups excluding carboxylic acids is 1. The predicted octanol–water partition coefficient (Wildman–Crippen LogP) is 4.24. The number of β-amino-alcohol motifs (C(OH)–C–C–N with tert-alkyl or cyclic N) is 1. The molecule has 4 heterocycles. The van der Waals surface area contributed by atoms with Gasteiger partial charge in [-0.2, -0.15) is 13.2 Å². The molecule has 3 aromatic heterocycles. The Bertz CT molecular complexity index is 1380. The van der Waals surface area contributed by atoms with Crippen LogP contribution in [-0.4, -0.2) is 44.7 Å². The third kappa shape index (κ3) is 4.69. The summed E-state index contributed by atoms with van der Waals surface area (Å²) >= 11 is 0. The third-order valence-corrected chi connectivity index (χ3v) is 5.93. The standard InChI is InChI=1S/C25H22F3N5O2/c1-15-2-4-16(5-3-15)12-33-20-7-8-22(25(26,27)28)31-19(20)10-21(33)24(35)30-17-6-9-23(29-11-17)32-13-18(34)14-32/h2-11,18,34H,12-14H2,1H3,(H,30,35). The Hall–Kier alpha value is -3.92. The van der Waals surface area contributed by atoms with E-state index in [1.807, 2.05) is 36.1 Å². The van der Waals surface area contributed by atoms with Crippen molar-refractivity contribution in [3.05, 3.63) is 83.3 Å². The predicted molar refractivity (Wildman–Crippen MR) is 125 cm³/mol. The Kier molecular flexibility index (Phi) is 5.68. The van der Waals surface area contributed by atoms with Crippen molar-refractivity contribution in [2.45, 2.75) is 25.7 Å². The lowest BCUT2D eigenvalue weighted by molar-refractivity contribution is -0.140. The highest BCUT2D eigenvalue weighted by Crippen LogP contribution is 2.30. The maximum atomic E-state index is 13.2. The van der Waals surface area contributed by atoms with Crippen molar-refractivity contribution >= 4 is 28.4 Å². The van der Waals surface area contributed by atoms with Gasteiger partial charge in [-0.3, -0.25) is 4.79 Å². The normalized spacial score (nSPS) is 14.3. The number of aliphatic hydroxyl groups excluding tert-OH is 1. The van der Waals surface area contributed by atoms with Crippen LogP contribution in [0.4, 0.5) is 24.7 Å². The monoisotopic (exact) mass is 481 g/mol. The number of benzene rings is 1. The summed E-state index contributed by atoms with van der Waals surface area (Å²) in [5.41, 5.74) is 2.09. The second-order valence-electron chi connectivity index (χ2n) is 8.62. The van der Waals surface area contributed by atoms with Gasteiger partial charge in [-0.25, -0.2) is 9.97 Å². The molecule has 0 atom stereocenters. The number of hydrogen-bond donors (Lipinski definition) is 2. The van der Waals surface area contributed by atoms with E-state index in [1.54, 1.807) is 16.7 Å². The van der Waals surface area contributed by atoms with Gasteiger partial charge in [0.2, 0.25) is 0 Å². The number of aromatic nitrogens is 3. The number of fused-ring (bicyclic) bond motifs is 1. The van der Waals surface area contributed by atoms with Crippen LogP contribution in [0.5, 0.6) is 0 Å². The Balaban J connectivity index is 1.47. The summed E-state index contributed by atoms with van der Waals surface area (Å²) < 4.78 is 41.3. The number of hydrogen-bond acceptors (Lipinski definition) is 5. The number of pyridine rings is 2. The molecule has 1 fully saturated rings. The van der Waals surface area contributed by atoms with Crippen LogP contribution >= 0.6 is 0 Å². The van der Waals surface area contributed by atoms with Crippen LogP contribution in [0.1, 0.15) is 27.3 Å². The van der Waals surface area contributed by atoms with Crippen molar-refractivity contribution in [2.75, 3.05) is 23.3 Å². The maximum Gasteiger partial charge on any atom is 0.433 e. The van der Waals surface area contributed by atoms with Crippen molar-refractivity contribution in [1.82, 2.24) is 14.5 Å². The lowest BCUT2D eigenvalue weighted by atomic mass is 10.1. The van der Waals surface area contributed by atoms with E-state index in [2.05, 4.69) is 15.3 Å². The van der Waals surface area contributed by atoms with Gasteiger partial charge in [0, 0.05) is 19.6 Å². The highest BCUT2D eigenvalue weighted by Gasteiger charge is 2.33. The first kappa shape index (κ1) is 22.9. The molecule has 0 radical (unpaired) electrons. The number of carbonyl (C=O) groups is 1. The number of alkyl halides is 3. The molecule has 1 aliphatic rings. The lowest BCUT2D eigenvalue weighted by Gasteiger charge is -2.36. The Morgan fingerprint density at radius 2 is 1.86 bits per heavy atom. The molecule has 35 heavy (non-hydrogen) atoms. The van der Waals surface area contributed by atoms with Gasteiger partial charge in [0.1, 0.15) is 17.2 Å². The van der Waals surface area contributed by atoms with E-state index in [1.165, 1.54) is 18.3 Å². The van der Waals surface area contributed by atoms with Crippen LogP contribution < -0.4 is 10.2 Å². The van der Waals surface area contributed by atoms with Crippen molar-refractivity contribution in [2.24, 2.45) is 0 Å². The zero-order chi connectivity index (χ0) is 24.7. The average molecular weight is 481 g/mol. The number of anilines is 2. The second kappa shape index (κ2) is 8.70. The minimum atomic E-state index is -4.59. The van der Waals surface area contributed by atoms with E-state index in [0.29, 0.717) is 30.1 Å². The Labute approximate surface area is 198 Å². The van der Waals surface area contributed by atoms with Gasteiger partial charge in [-0.15, -0.1) is 0 Å². The molecule has 10 heteroatoms. The number of aryl methyl sites for hydroxylation is 1. The minimum Gasteiger partial charge on any atom is -0.389 e. The molecule has 2 N–H and O–H groups in total. The molecule has 0 saturated carbocycles. The highest BCUT2D eigenvalue weighted by molar-refractivity contribution is 6.06. The molecule has 5 rings (SSSR count). The fraction of sp³-hybridized carbons (Fsp3) is 0.240. The van der Waals surface area contributed by atoms with Gasteiger partial charge in [-0.1, -0.05) is 29.8 Å². The number of nitrogens with zero attached hydrogens (tertiary/aromatic N) is 4. The average Bonchev–Trinajstić information content (AvgIpc) is 3.16. The summed E-state index contributed by atoms with van der Waals surface area (Å²) in [5, 5.41) is 12.2. The lowest BCUT2D eigenvalue weighted by Crippen LogP contribution is -2.51. The minimum absolute atomic E-state index is 0.0851. The number of nitrogens with one attached hydrogen (secondary N) is 1. The van der Waals surface area contributed by atoms with Gasteiger partial charge in [0.15, 0.2) is 0 Å². The Morgan fingerprint density at radius 3 is 2.49 bits per heavy atom. The molecule has 7 nitrogen and oxygen atoms in total. The van der Waals surface area contributed by atoms with Gasteiger partial charge >= 0.3 is 6.18 Å². The fourth-order valence-corrected chi connectivity index (χ4v) is 4.02. The van der Waals surface area contributed by atoms with Crippen LogP contribution in [0, 0.1) is 6.92 Å². The summed E-state index contributed by atoms with van der Waals surface area (Å²) in [4.78, 5) is 23.2. The molecule has 1 aromatic carbocycles. The smallest absolute Gasteiger partial charge is 0.389 e. The van der Waals surface area contributed by atoms with Gasteiger partial charge in [0.25, 0.3) is 5.91 Å². The van der Waals surface area contributed by atoms with Crippen molar-refractivity contribution < 1.29 is 23.1 Å². The van der Waals surface area contributed by atoms with Crippen LogP contribution in [0.3, 0.4) is 0 Å². The Morgan fingerprint density at radius 1 is 1.11 bits per heavy atom. The van der Waals surface area contributed by atoms with E-state index in [4.69, 9.17) is 0 Å². The van der Waals surface area contributed by atoms with Crippen molar-refractivity contribution in [1.29, 1.82) is 0 Å². The van der Waals surface area contributed by atoms with Gasteiger partial charge < -0.3 is 19.9 Å². The molecule has 180 valence electrons. The number of halogens is 3. The van der Waals surface area contributed by atoms with E-state index >= 15 is 0 Å². The van der Waals surface area contributed by atoms with Crippen LogP contribution in [0.25, 0.3) is 11.0 Å². The first-order valence-electron chi connectivity index (χ1n) is 11.0. The van der Waals surface area contributed by atoms with Crippen molar-refractivity contribution in [3.8, 4) is 0 Å². The SMILES string of the molecule is Cc1ccc(Cn2c(C(=O)Nc3ccc(N4CC(O)C4)nc3)cc3nc(C(F)(F)F)ccc32)cc1. The topological polar surface area (TPSA) is 83.3 Å². The first-order valence-corrected chi connectivity index (χ1v) is 11.0. The highest BCUT2D eigenvalue weighted by atomic mass is 19.4. The second-order valence-corrected chi connectivity index (χ2v) is 8.62. The largest absolute Gasteiger partial charge is 0.433 e. The molecule has 1 saturated heterocycles. The molecule has 0 spiro atoms. The molecular formula is C25H22F3N5O2. The van der Waals surface area contributed by atoms with Crippen LogP contribution in [0.15, 0.2) is 60.8 Å². The van der Waals surface area contributed by atoms with E-state index in [9.17, 15) is 23.1 Å². The van der Waals surface area contributed by atoms with E-state index in [-0.39, 0.29) is 23.9 Å². The van der Waals surface area contributed by atoms with E-state index < -0.39 is 17.8 Å². The fourth-order valence-electron chi connectivity index (χ4n) is 4.02. The quantitative estimate of drug-likeness (QED) is 0.446. The third-order valence-electron chi connectivity index (χ3n) is 5.93. The molecule has 0 aliphatic carbocycles. The summed E-state index contributed by atoms with van der Waals surface area (Å²) in [6.45, 7) is 3.25. The summed E-state index contributed by atoms with van der Waals surface area (Å²) in [6, 6.07) is 14.8. The molecule has 1 aliphatic heterocycles. The molecule has 0 bridgehead atoms. The van der Waals surface area contributed by atoms with E-state index in [0.717, 1.165) is 17.2 Å². The molecule has 4 aromatic rings. The summed E-state index contributed by atoms with van der Waals surface area (Å²) in [5.74, 6) is 0.197. The molecule has 0 unspecified atom stereocenters. The zero-order valence-corrected chi connectivity index (χ0v) is 18.8. The van der Waals surface area contributed by atoms with Crippen LogP contribution in [0.2, 0.25) is 0 Å².